The maximum atomic E-state index is 5.90. The van der Waals surface area contributed by atoms with Gasteiger partial charge in [0.1, 0.15) is 5.60 Å². The molecule has 1 aromatic heterocycles. The molecule has 1 aromatic carbocycles. The highest BCUT2D eigenvalue weighted by molar-refractivity contribution is 6.04. The lowest BCUT2D eigenvalue weighted by atomic mass is 9.87. The average molecular weight is 353 g/mol. The number of hydrogen-bond donors (Lipinski definition) is 0. The van der Waals surface area contributed by atoms with Crippen LogP contribution >= 0.6 is 0 Å². The highest BCUT2D eigenvalue weighted by Gasteiger charge is 2.41. The third-order valence-electron chi connectivity index (χ3n) is 6.37. The van der Waals surface area contributed by atoms with Gasteiger partial charge in [-0.1, -0.05) is 37.1 Å². The number of fused-ring (bicyclic) bond motifs is 1. The molecule has 1 aliphatic carbocycles. The average Bonchev–Trinajstić information content (AvgIpc) is 3.40. The molecule has 0 bridgehead atoms. The van der Waals surface area contributed by atoms with E-state index in [0.717, 1.165) is 44.6 Å². The van der Waals surface area contributed by atoms with E-state index in [-0.39, 0.29) is 5.60 Å². The molecule has 0 radical (unpaired) electrons. The van der Waals surface area contributed by atoms with Crippen LogP contribution in [0.1, 0.15) is 69.2 Å². The van der Waals surface area contributed by atoms with Crippen molar-refractivity contribution in [3.63, 3.8) is 0 Å². The largest absolute Gasteiger partial charge is 0.388 e. The summed E-state index contributed by atoms with van der Waals surface area (Å²) in [7, 11) is 0. The van der Waals surface area contributed by atoms with Crippen LogP contribution in [0, 0.1) is 0 Å². The Balaban J connectivity index is 1.50. The van der Waals surface area contributed by atoms with Gasteiger partial charge >= 0.3 is 0 Å². The summed E-state index contributed by atoms with van der Waals surface area (Å²) in [5, 5.41) is 10.7. The van der Waals surface area contributed by atoms with Gasteiger partial charge < -0.3 is 9.57 Å². The Morgan fingerprint density at radius 3 is 2.77 bits per heavy atom. The molecule has 138 valence electrons. The molecule has 5 rings (SSSR count). The maximum Gasteiger partial charge on any atom is 0.147 e. The van der Waals surface area contributed by atoms with Gasteiger partial charge in [0.2, 0.25) is 0 Å². The molecule has 1 saturated heterocycles. The highest BCUT2D eigenvalue weighted by Crippen LogP contribution is 2.37. The van der Waals surface area contributed by atoms with Crippen molar-refractivity contribution in [2.24, 2.45) is 5.16 Å². The van der Waals surface area contributed by atoms with E-state index in [1.165, 1.54) is 47.8 Å². The van der Waals surface area contributed by atoms with Crippen LogP contribution in [0.4, 0.5) is 0 Å². The second-order valence-electron chi connectivity index (χ2n) is 8.02. The monoisotopic (exact) mass is 353 g/mol. The Kier molecular flexibility index (Phi) is 4.00. The van der Waals surface area contributed by atoms with E-state index in [4.69, 9.17) is 14.7 Å². The summed E-state index contributed by atoms with van der Waals surface area (Å²) in [5.41, 5.74) is 4.60. The molecular weight excluding hydrogens is 326 g/mol. The van der Waals surface area contributed by atoms with Gasteiger partial charge in [-0.2, -0.15) is 5.10 Å². The Labute approximate surface area is 154 Å². The summed E-state index contributed by atoms with van der Waals surface area (Å²) in [6.45, 7) is 3.74. The number of nitrogens with zero attached hydrogens (tertiary/aromatic N) is 3. The molecule has 0 atom stereocenters. The second-order valence-corrected chi connectivity index (χ2v) is 8.02. The quantitative estimate of drug-likeness (QED) is 0.822. The third-order valence-corrected chi connectivity index (χ3v) is 6.37. The van der Waals surface area contributed by atoms with Gasteiger partial charge in [0.05, 0.1) is 36.2 Å². The zero-order valence-electron chi connectivity index (χ0n) is 15.5. The van der Waals surface area contributed by atoms with Crippen LogP contribution in [0.2, 0.25) is 0 Å². The predicted molar refractivity (Wildman–Crippen MR) is 102 cm³/mol. The lowest BCUT2D eigenvalue weighted by Crippen LogP contribution is -2.36. The molecule has 26 heavy (non-hydrogen) atoms. The van der Waals surface area contributed by atoms with Crippen LogP contribution in [0.3, 0.4) is 0 Å². The molecule has 3 aliphatic rings. The van der Waals surface area contributed by atoms with E-state index in [0.29, 0.717) is 6.04 Å². The van der Waals surface area contributed by atoms with E-state index >= 15 is 0 Å². The topological polar surface area (TPSA) is 48.6 Å². The molecule has 3 heterocycles. The minimum absolute atomic E-state index is 0.136. The Bertz CT molecular complexity index is 842. The van der Waals surface area contributed by atoms with Gasteiger partial charge in [-0.25, -0.2) is 0 Å². The third kappa shape index (κ3) is 2.64. The summed E-state index contributed by atoms with van der Waals surface area (Å²) in [5.74, 6) is 0. The van der Waals surface area contributed by atoms with Gasteiger partial charge in [0, 0.05) is 30.2 Å². The van der Waals surface area contributed by atoms with Crippen molar-refractivity contribution in [2.75, 3.05) is 13.2 Å². The number of aryl methyl sites for hydroxylation is 1. The number of aromatic nitrogens is 2. The number of hydrogen-bond acceptors (Lipinski definition) is 4. The molecule has 1 spiro atoms. The van der Waals surface area contributed by atoms with Gasteiger partial charge in [0.25, 0.3) is 0 Å². The molecule has 2 aliphatic heterocycles. The number of oxime groups is 1. The molecule has 0 amide bonds. The highest BCUT2D eigenvalue weighted by atomic mass is 16.7. The van der Waals surface area contributed by atoms with Crippen LogP contribution in [-0.2, 0) is 16.0 Å². The molecule has 5 nitrogen and oxygen atoms in total. The summed E-state index contributed by atoms with van der Waals surface area (Å²) in [6, 6.07) is 7.28. The fourth-order valence-electron chi connectivity index (χ4n) is 4.76. The van der Waals surface area contributed by atoms with E-state index in [1.54, 1.807) is 0 Å². The van der Waals surface area contributed by atoms with Crippen molar-refractivity contribution >= 4 is 16.6 Å². The maximum absolute atomic E-state index is 5.90. The van der Waals surface area contributed by atoms with Crippen LogP contribution in [0.15, 0.2) is 23.4 Å². The Hall–Kier alpha value is -1.88. The van der Waals surface area contributed by atoms with Gasteiger partial charge in [-0.15, -0.1) is 0 Å². The van der Waals surface area contributed by atoms with Crippen LogP contribution in [0.25, 0.3) is 10.9 Å². The number of rotatable bonds is 3. The van der Waals surface area contributed by atoms with Crippen molar-refractivity contribution in [3.05, 3.63) is 29.5 Å². The van der Waals surface area contributed by atoms with E-state index in [9.17, 15) is 0 Å². The van der Waals surface area contributed by atoms with E-state index in [1.807, 2.05) is 0 Å². The Morgan fingerprint density at radius 2 is 2.00 bits per heavy atom. The van der Waals surface area contributed by atoms with Crippen molar-refractivity contribution in [3.8, 4) is 0 Å². The fourth-order valence-corrected chi connectivity index (χ4v) is 4.76. The second kappa shape index (κ2) is 6.38. The van der Waals surface area contributed by atoms with E-state index < -0.39 is 0 Å². The molecule has 2 aromatic rings. The van der Waals surface area contributed by atoms with Crippen LogP contribution in [-0.4, -0.2) is 34.3 Å². The lowest BCUT2D eigenvalue weighted by Gasteiger charge is -2.30. The molecule has 0 unspecified atom stereocenters. The molecule has 5 heteroatoms. The van der Waals surface area contributed by atoms with Gasteiger partial charge in [-0.05, 0) is 25.3 Å². The Morgan fingerprint density at radius 1 is 1.19 bits per heavy atom. The van der Waals surface area contributed by atoms with Gasteiger partial charge in [-0.3, -0.25) is 4.68 Å². The summed E-state index contributed by atoms with van der Waals surface area (Å²) in [6.07, 6.45) is 8.86. The minimum atomic E-state index is -0.136. The standard InChI is InChI=1S/C21H27N3O2/c1-2-18-17-8-7-15(13-20(17)24(22-18)16-5-3-4-6-16)19-14-21(26-23-19)9-11-25-12-10-21/h7-8,13,16H,2-6,9-12,14H2,1H3. The summed E-state index contributed by atoms with van der Waals surface area (Å²) >= 11 is 0. The molecule has 0 N–H and O–H groups in total. The van der Waals surface area contributed by atoms with Crippen LogP contribution < -0.4 is 0 Å². The van der Waals surface area contributed by atoms with Crippen molar-refractivity contribution in [1.29, 1.82) is 0 Å². The predicted octanol–water partition coefficient (Wildman–Crippen LogP) is 4.39. The zero-order valence-corrected chi connectivity index (χ0v) is 15.5. The first-order chi connectivity index (χ1) is 12.8. The van der Waals surface area contributed by atoms with Crippen LogP contribution in [0.5, 0.6) is 0 Å². The molecular formula is C21H27N3O2. The first-order valence-corrected chi connectivity index (χ1v) is 10.1. The fraction of sp³-hybridized carbons (Fsp3) is 0.619. The number of ether oxygens (including phenoxy) is 1. The first-order valence-electron chi connectivity index (χ1n) is 10.1. The lowest BCUT2D eigenvalue weighted by molar-refractivity contribution is -0.0919. The zero-order chi connectivity index (χ0) is 17.6. The first kappa shape index (κ1) is 16.3. The summed E-state index contributed by atoms with van der Waals surface area (Å²) < 4.78 is 7.80. The van der Waals surface area contributed by atoms with Crippen molar-refractivity contribution < 1.29 is 9.57 Å². The van der Waals surface area contributed by atoms with Gasteiger partial charge in [0.15, 0.2) is 0 Å². The normalized spacial score (nSPS) is 22.9. The smallest absolute Gasteiger partial charge is 0.147 e. The number of benzene rings is 1. The summed E-state index contributed by atoms with van der Waals surface area (Å²) in [4.78, 5) is 5.90. The minimum Gasteiger partial charge on any atom is -0.388 e. The van der Waals surface area contributed by atoms with Crippen molar-refractivity contribution in [1.82, 2.24) is 9.78 Å². The van der Waals surface area contributed by atoms with Crippen molar-refractivity contribution in [2.45, 2.75) is 69.9 Å². The SMILES string of the molecule is CCc1nn(C2CCCC2)c2cc(C3=NOC4(CCOCC4)C3)ccc12. The molecule has 2 fully saturated rings. The van der Waals surface area contributed by atoms with E-state index in [2.05, 4.69) is 35.0 Å². The molecule has 1 saturated carbocycles.